The number of aromatic nitrogens is 2. The van der Waals surface area contributed by atoms with Crippen LogP contribution in [0.2, 0.25) is 5.02 Å². The normalized spacial score (nSPS) is 11.0. The first-order valence-corrected chi connectivity index (χ1v) is 8.64. The molecule has 0 saturated heterocycles. The lowest BCUT2D eigenvalue weighted by atomic mass is 10.2. The molecule has 0 amide bonds. The first kappa shape index (κ1) is 16.4. The molecule has 0 spiro atoms. The molecule has 0 aliphatic carbocycles. The molecule has 1 aromatic carbocycles. The Bertz CT molecular complexity index is 578. The first-order valence-electron chi connectivity index (χ1n) is 7.28. The molecule has 5 heteroatoms. The second kappa shape index (κ2) is 7.87. The molecule has 114 valence electrons. The van der Waals surface area contributed by atoms with E-state index in [0.29, 0.717) is 0 Å². The van der Waals surface area contributed by atoms with Crippen LogP contribution < -0.4 is 5.32 Å². The molecule has 0 aliphatic rings. The summed E-state index contributed by atoms with van der Waals surface area (Å²) in [4.78, 5) is 1.26. The van der Waals surface area contributed by atoms with Gasteiger partial charge >= 0.3 is 0 Å². The Hall–Kier alpha value is -0.970. The van der Waals surface area contributed by atoms with Crippen LogP contribution >= 0.6 is 23.4 Å². The van der Waals surface area contributed by atoms with Gasteiger partial charge in [0, 0.05) is 24.2 Å². The van der Waals surface area contributed by atoms with Crippen LogP contribution in [0.25, 0.3) is 0 Å². The molecule has 0 fully saturated rings. The van der Waals surface area contributed by atoms with E-state index >= 15 is 0 Å². The van der Waals surface area contributed by atoms with E-state index in [1.165, 1.54) is 10.5 Å². The molecular weight excluding hydrogens is 302 g/mol. The molecule has 2 aromatic rings. The van der Waals surface area contributed by atoms with Gasteiger partial charge in [-0.3, -0.25) is 4.68 Å². The number of rotatable bonds is 7. The molecule has 0 atom stereocenters. The van der Waals surface area contributed by atoms with Gasteiger partial charge in [-0.05, 0) is 30.7 Å². The van der Waals surface area contributed by atoms with Gasteiger partial charge in [0.25, 0.3) is 0 Å². The standard InChI is InChI=1S/C16H22ClN3S/c1-4-14-16(17)15(20(3)19-14)11-21-13-8-6-12(7-9-13)10-18-5-2/h6-9,18H,4-5,10-11H2,1-3H3. The highest BCUT2D eigenvalue weighted by Crippen LogP contribution is 2.28. The average molecular weight is 324 g/mol. The Morgan fingerprint density at radius 1 is 1.24 bits per heavy atom. The summed E-state index contributed by atoms with van der Waals surface area (Å²) in [7, 11) is 1.96. The van der Waals surface area contributed by atoms with Gasteiger partial charge < -0.3 is 5.32 Å². The van der Waals surface area contributed by atoms with Crippen molar-refractivity contribution in [2.24, 2.45) is 7.05 Å². The van der Waals surface area contributed by atoms with Crippen LogP contribution in [0.5, 0.6) is 0 Å². The van der Waals surface area contributed by atoms with Crippen LogP contribution in [0.1, 0.15) is 30.8 Å². The predicted molar refractivity (Wildman–Crippen MR) is 91.0 cm³/mol. The minimum atomic E-state index is 0.816. The maximum atomic E-state index is 6.37. The molecule has 0 bridgehead atoms. The summed E-state index contributed by atoms with van der Waals surface area (Å²) in [5.74, 6) is 0.842. The maximum Gasteiger partial charge on any atom is 0.0858 e. The molecule has 0 saturated carbocycles. The van der Waals surface area contributed by atoms with Crippen molar-refractivity contribution in [1.29, 1.82) is 0 Å². The monoisotopic (exact) mass is 323 g/mol. The van der Waals surface area contributed by atoms with Crippen LogP contribution in [-0.2, 0) is 25.8 Å². The Balaban J connectivity index is 1.98. The van der Waals surface area contributed by atoms with Crippen molar-refractivity contribution in [2.75, 3.05) is 6.54 Å². The van der Waals surface area contributed by atoms with E-state index in [2.05, 4.69) is 48.5 Å². The van der Waals surface area contributed by atoms with E-state index in [1.54, 1.807) is 11.8 Å². The van der Waals surface area contributed by atoms with E-state index in [9.17, 15) is 0 Å². The van der Waals surface area contributed by atoms with Crippen LogP contribution in [0.4, 0.5) is 0 Å². The van der Waals surface area contributed by atoms with Crippen LogP contribution in [0.15, 0.2) is 29.2 Å². The average Bonchev–Trinajstić information content (AvgIpc) is 2.78. The molecule has 1 aromatic heterocycles. The van der Waals surface area contributed by atoms with Crippen molar-refractivity contribution >= 4 is 23.4 Å². The Morgan fingerprint density at radius 2 is 1.95 bits per heavy atom. The Kier molecular flexibility index (Phi) is 6.15. The number of hydrogen-bond donors (Lipinski definition) is 1. The number of hydrogen-bond acceptors (Lipinski definition) is 3. The molecule has 2 rings (SSSR count). The first-order chi connectivity index (χ1) is 10.2. The third-order valence-electron chi connectivity index (χ3n) is 3.38. The zero-order valence-electron chi connectivity index (χ0n) is 12.8. The number of aryl methyl sites for hydroxylation is 2. The summed E-state index contributed by atoms with van der Waals surface area (Å²) < 4.78 is 1.90. The third kappa shape index (κ3) is 4.25. The molecule has 1 N–H and O–H groups in total. The summed E-state index contributed by atoms with van der Waals surface area (Å²) in [6.07, 6.45) is 0.871. The number of halogens is 1. The van der Waals surface area contributed by atoms with Crippen molar-refractivity contribution in [1.82, 2.24) is 15.1 Å². The second-order valence-electron chi connectivity index (χ2n) is 4.90. The highest BCUT2D eigenvalue weighted by molar-refractivity contribution is 7.98. The van der Waals surface area contributed by atoms with Gasteiger partial charge in [-0.25, -0.2) is 0 Å². The van der Waals surface area contributed by atoms with Gasteiger partial charge in [-0.15, -0.1) is 11.8 Å². The minimum absolute atomic E-state index is 0.816. The van der Waals surface area contributed by atoms with Gasteiger partial charge in [0.05, 0.1) is 16.4 Å². The van der Waals surface area contributed by atoms with Crippen molar-refractivity contribution < 1.29 is 0 Å². The maximum absolute atomic E-state index is 6.37. The van der Waals surface area contributed by atoms with Crippen molar-refractivity contribution in [2.45, 2.75) is 37.5 Å². The van der Waals surface area contributed by atoms with E-state index in [-0.39, 0.29) is 0 Å². The van der Waals surface area contributed by atoms with E-state index in [1.807, 2.05) is 11.7 Å². The highest BCUT2D eigenvalue weighted by atomic mass is 35.5. The van der Waals surface area contributed by atoms with Gasteiger partial charge in [0.2, 0.25) is 0 Å². The van der Waals surface area contributed by atoms with E-state index in [4.69, 9.17) is 11.6 Å². The van der Waals surface area contributed by atoms with Crippen molar-refractivity contribution in [3.63, 3.8) is 0 Å². The summed E-state index contributed by atoms with van der Waals surface area (Å²) in [5.41, 5.74) is 3.39. The van der Waals surface area contributed by atoms with Crippen LogP contribution in [-0.4, -0.2) is 16.3 Å². The lowest BCUT2D eigenvalue weighted by Gasteiger charge is -2.05. The van der Waals surface area contributed by atoms with Gasteiger partial charge in [-0.1, -0.05) is 37.6 Å². The van der Waals surface area contributed by atoms with Gasteiger partial charge in [-0.2, -0.15) is 5.10 Å². The van der Waals surface area contributed by atoms with Gasteiger partial charge in [0.1, 0.15) is 0 Å². The summed E-state index contributed by atoms with van der Waals surface area (Å²) in [6, 6.07) is 8.69. The van der Waals surface area contributed by atoms with Crippen molar-refractivity contribution in [3.8, 4) is 0 Å². The lowest BCUT2D eigenvalue weighted by Crippen LogP contribution is -2.11. The lowest BCUT2D eigenvalue weighted by molar-refractivity contribution is 0.720. The predicted octanol–water partition coefficient (Wildman–Crippen LogP) is 4.04. The third-order valence-corrected chi connectivity index (χ3v) is 4.84. The fourth-order valence-corrected chi connectivity index (χ4v) is 3.50. The van der Waals surface area contributed by atoms with Gasteiger partial charge in [0.15, 0.2) is 0 Å². The number of thioether (sulfide) groups is 1. The largest absolute Gasteiger partial charge is 0.313 e. The Morgan fingerprint density at radius 3 is 2.52 bits per heavy atom. The topological polar surface area (TPSA) is 29.9 Å². The fourth-order valence-electron chi connectivity index (χ4n) is 2.10. The number of benzene rings is 1. The highest BCUT2D eigenvalue weighted by Gasteiger charge is 2.12. The molecular formula is C16H22ClN3S. The minimum Gasteiger partial charge on any atom is -0.313 e. The van der Waals surface area contributed by atoms with Crippen molar-refractivity contribution in [3.05, 3.63) is 46.2 Å². The molecule has 1 heterocycles. The van der Waals surface area contributed by atoms with E-state index in [0.717, 1.165) is 41.7 Å². The second-order valence-corrected chi connectivity index (χ2v) is 6.32. The summed E-state index contributed by atoms with van der Waals surface area (Å²) in [6.45, 7) is 6.12. The summed E-state index contributed by atoms with van der Waals surface area (Å²) in [5, 5.41) is 8.60. The SMILES string of the molecule is CCNCc1ccc(SCc2c(Cl)c(CC)nn2C)cc1. The number of nitrogens with zero attached hydrogens (tertiary/aromatic N) is 2. The molecule has 21 heavy (non-hydrogen) atoms. The fraction of sp³-hybridized carbons (Fsp3) is 0.438. The number of nitrogens with one attached hydrogen (secondary N) is 1. The quantitative estimate of drug-likeness (QED) is 0.780. The molecule has 0 unspecified atom stereocenters. The molecule has 0 aliphatic heterocycles. The zero-order valence-corrected chi connectivity index (χ0v) is 14.4. The van der Waals surface area contributed by atoms with Crippen LogP contribution in [0, 0.1) is 0 Å². The molecule has 0 radical (unpaired) electrons. The van der Waals surface area contributed by atoms with Crippen LogP contribution in [0.3, 0.4) is 0 Å². The van der Waals surface area contributed by atoms with E-state index < -0.39 is 0 Å². The molecule has 3 nitrogen and oxygen atoms in total. The smallest absolute Gasteiger partial charge is 0.0858 e. The summed E-state index contributed by atoms with van der Waals surface area (Å²) >= 11 is 8.17. The zero-order chi connectivity index (χ0) is 15.2. The Labute approximate surface area is 136 Å².